The highest BCUT2D eigenvalue weighted by Crippen LogP contribution is 2.36. The lowest BCUT2D eigenvalue weighted by molar-refractivity contribution is 0.0906. The molecule has 0 saturated heterocycles. The Bertz CT molecular complexity index is 827. The zero-order valence-corrected chi connectivity index (χ0v) is 15.5. The molecule has 1 saturated carbocycles. The summed E-state index contributed by atoms with van der Waals surface area (Å²) in [7, 11) is 1.62. The average molecular weight is 372 g/mol. The summed E-state index contributed by atoms with van der Waals surface area (Å²) in [6.45, 7) is 2.40. The minimum atomic E-state index is -0.182. The molecule has 1 heterocycles. The second-order valence-electron chi connectivity index (χ2n) is 6.75. The fourth-order valence-corrected chi connectivity index (χ4v) is 3.29. The average Bonchev–Trinajstić information content (AvgIpc) is 3.04. The number of carbonyl (C=O) groups excluding carboxylic acids is 2. The Kier molecular flexibility index (Phi) is 5.98. The highest BCUT2D eigenvalue weighted by Gasteiger charge is 2.35. The summed E-state index contributed by atoms with van der Waals surface area (Å²) < 4.78 is 7.00. The summed E-state index contributed by atoms with van der Waals surface area (Å²) in [4.78, 5) is 23.9. The zero-order chi connectivity index (χ0) is 19.4. The van der Waals surface area contributed by atoms with Gasteiger partial charge in [0.25, 0.3) is 5.91 Å². The van der Waals surface area contributed by atoms with Gasteiger partial charge in [0.1, 0.15) is 12.4 Å². The molecular formula is C19H24N4O4. The second-order valence-corrected chi connectivity index (χ2v) is 6.75. The third-order valence-electron chi connectivity index (χ3n) is 4.89. The Hall–Kier alpha value is -2.58. The molecule has 1 aliphatic rings. The van der Waals surface area contributed by atoms with Gasteiger partial charge in [0.05, 0.1) is 6.61 Å². The van der Waals surface area contributed by atoms with Crippen molar-refractivity contribution in [3.63, 3.8) is 0 Å². The number of hydrogen-bond acceptors (Lipinski definition) is 6. The van der Waals surface area contributed by atoms with Gasteiger partial charge in [-0.3, -0.25) is 9.59 Å². The molecule has 144 valence electrons. The van der Waals surface area contributed by atoms with Crippen LogP contribution in [0.3, 0.4) is 0 Å². The van der Waals surface area contributed by atoms with Crippen molar-refractivity contribution in [3.8, 4) is 0 Å². The fourth-order valence-electron chi connectivity index (χ4n) is 3.29. The number of carbonyl (C=O) groups is 2. The van der Waals surface area contributed by atoms with E-state index in [9.17, 15) is 14.7 Å². The molecule has 8 heteroatoms. The van der Waals surface area contributed by atoms with Gasteiger partial charge < -0.3 is 19.7 Å². The first-order valence-corrected chi connectivity index (χ1v) is 8.97. The third kappa shape index (κ3) is 4.23. The summed E-state index contributed by atoms with van der Waals surface area (Å²) in [5, 5.41) is 20.7. The fraction of sp³-hybridized carbons (Fsp3) is 0.474. The highest BCUT2D eigenvalue weighted by atomic mass is 16.5. The SMILES string of the molecule is COCCn1c(CO)nnc1C1CC(NC(=O)c2cccc(C(C)=O)c2)C1. The predicted molar refractivity (Wildman–Crippen MR) is 97.5 cm³/mol. The number of benzene rings is 1. The number of ketones is 1. The summed E-state index contributed by atoms with van der Waals surface area (Å²) >= 11 is 0. The van der Waals surface area contributed by atoms with Crippen LogP contribution in [0.15, 0.2) is 24.3 Å². The number of nitrogens with zero attached hydrogens (tertiary/aromatic N) is 3. The number of amides is 1. The van der Waals surface area contributed by atoms with Gasteiger partial charge in [0.15, 0.2) is 11.6 Å². The smallest absolute Gasteiger partial charge is 0.251 e. The molecule has 27 heavy (non-hydrogen) atoms. The lowest BCUT2D eigenvalue weighted by atomic mass is 9.79. The largest absolute Gasteiger partial charge is 0.388 e. The predicted octanol–water partition coefficient (Wildman–Crippen LogP) is 1.30. The number of Topliss-reactive ketones (excluding diaryl/α,β-unsaturated/α-hetero) is 1. The van der Waals surface area contributed by atoms with Gasteiger partial charge in [0.2, 0.25) is 0 Å². The van der Waals surface area contributed by atoms with Crippen molar-refractivity contribution in [2.75, 3.05) is 13.7 Å². The molecule has 3 rings (SSSR count). The van der Waals surface area contributed by atoms with Crippen molar-refractivity contribution >= 4 is 11.7 Å². The molecule has 1 aliphatic carbocycles. The van der Waals surface area contributed by atoms with E-state index in [1.807, 2.05) is 4.57 Å². The summed E-state index contributed by atoms with van der Waals surface area (Å²) in [6.07, 6.45) is 1.52. The van der Waals surface area contributed by atoms with Gasteiger partial charge in [-0.2, -0.15) is 0 Å². The number of methoxy groups -OCH3 is 1. The number of hydrogen-bond donors (Lipinski definition) is 2. The van der Waals surface area contributed by atoms with Crippen LogP contribution < -0.4 is 5.32 Å². The second kappa shape index (κ2) is 8.41. The van der Waals surface area contributed by atoms with E-state index < -0.39 is 0 Å². The number of nitrogens with one attached hydrogen (secondary N) is 1. The number of aromatic nitrogens is 3. The zero-order valence-electron chi connectivity index (χ0n) is 15.5. The molecule has 0 bridgehead atoms. The molecule has 1 aromatic carbocycles. The Balaban J connectivity index is 1.60. The molecule has 0 radical (unpaired) electrons. The summed E-state index contributed by atoms with van der Waals surface area (Å²) in [6, 6.07) is 6.78. The van der Waals surface area contributed by atoms with Crippen LogP contribution in [0.4, 0.5) is 0 Å². The van der Waals surface area contributed by atoms with Gasteiger partial charge in [-0.1, -0.05) is 12.1 Å². The number of aliphatic hydroxyl groups excluding tert-OH is 1. The van der Waals surface area contributed by atoms with Crippen LogP contribution in [0.1, 0.15) is 58.0 Å². The van der Waals surface area contributed by atoms with Crippen LogP contribution in [-0.4, -0.2) is 51.3 Å². The van der Waals surface area contributed by atoms with E-state index in [4.69, 9.17) is 4.74 Å². The maximum atomic E-state index is 12.4. The monoisotopic (exact) mass is 372 g/mol. The molecular weight excluding hydrogens is 348 g/mol. The maximum Gasteiger partial charge on any atom is 0.251 e. The highest BCUT2D eigenvalue weighted by molar-refractivity contribution is 5.99. The minimum Gasteiger partial charge on any atom is -0.388 e. The first-order chi connectivity index (χ1) is 13.0. The molecule has 1 aromatic heterocycles. The van der Waals surface area contributed by atoms with Crippen molar-refractivity contribution in [1.82, 2.24) is 20.1 Å². The number of rotatable bonds is 8. The van der Waals surface area contributed by atoms with Crippen LogP contribution in [0.25, 0.3) is 0 Å². The van der Waals surface area contributed by atoms with Crippen molar-refractivity contribution in [2.45, 2.75) is 44.9 Å². The van der Waals surface area contributed by atoms with Crippen molar-refractivity contribution < 1.29 is 19.4 Å². The third-order valence-corrected chi connectivity index (χ3v) is 4.89. The molecule has 1 fully saturated rings. The van der Waals surface area contributed by atoms with Crippen LogP contribution in [0, 0.1) is 0 Å². The first kappa shape index (κ1) is 19.2. The molecule has 1 amide bonds. The van der Waals surface area contributed by atoms with E-state index in [2.05, 4.69) is 15.5 Å². The standard InChI is InChI=1S/C19H24N4O4/c1-12(25)13-4-3-5-14(8-13)19(26)20-16-9-15(10-16)18-22-21-17(11-24)23(18)6-7-27-2/h3-5,8,15-16,24H,6-7,9-11H2,1-2H3,(H,20,26). The summed E-state index contributed by atoms with van der Waals surface area (Å²) in [5.74, 6) is 1.28. The van der Waals surface area contributed by atoms with E-state index >= 15 is 0 Å². The van der Waals surface area contributed by atoms with Gasteiger partial charge >= 0.3 is 0 Å². The van der Waals surface area contributed by atoms with Gasteiger partial charge in [-0.15, -0.1) is 10.2 Å². The minimum absolute atomic E-state index is 0.0497. The van der Waals surface area contributed by atoms with Crippen molar-refractivity contribution in [1.29, 1.82) is 0 Å². The molecule has 8 nitrogen and oxygen atoms in total. The normalized spacial score (nSPS) is 18.8. The molecule has 2 N–H and O–H groups in total. The van der Waals surface area contributed by atoms with E-state index in [1.54, 1.807) is 31.4 Å². The number of aliphatic hydroxyl groups is 1. The molecule has 0 aliphatic heterocycles. The van der Waals surface area contributed by atoms with Crippen LogP contribution in [0.2, 0.25) is 0 Å². The Labute approximate surface area is 157 Å². The van der Waals surface area contributed by atoms with Crippen LogP contribution >= 0.6 is 0 Å². The Morgan fingerprint density at radius 1 is 1.30 bits per heavy atom. The molecule has 0 spiro atoms. The Morgan fingerprint density at radius 2 is 2.04 bits per heavy atom. The van der Waals surface area contributed by atoms with Gasteiger partial charge in [0, 0.05) is 36.7 Å². The van der Waals surface area contributed by atoms with Crippen LogP contribution in [-0.2, 0) is 17.9 Å². The first-order valence-electron chi connectivity index (χ1n) is 8.97. The van der Waals surface area contributed by atoms with Gasteiger partial charge in [-0.05, 0) is 31.9 Å². The lowest BCUT2D eigenvalue weighted by Crippen LogP contribution is -2.44. The topological polar surface area (TPSA) is 106 Å². The molecule has 2 aromatic rings. The molecule has 0 atom stereocenters. The Morgan fingerprint density at radius 3 is 2.70 bits per heavy atom. The van der Waals surface area contributed by atoms with E-state index in [1.165, 1.54) is 6.92 Å². The lowest BCUT2D eigenvalue weighted by Gasteiger charge is -2.35. The summed E-state index contributed by atoms with van der Waals surface area (Å²) in [5.41, 5.74) is 1.01. The quantitative estimate of drug-likeness (QED) is 0.677. The molecule has 0 unspecified atom stereocenters. The van der Waals surface area contributed by atoms with E-state index in [0.717, 1.165) is 18.7 Å². The number of ether oxygens (including phenoxy) is 1. The van der Waals surface area contributed by atoms with E-state index in [0.29, 0.717) is 30.1 Å². The van der Waals surface area contributed by atoms with E-state index in [-0.39, 0.29) is 30.3 Å². The van der Waals surface area contributed by atoms with Crippen LogP contribution in [0.5, 0.6) is 0 Å². The van der Waals surface area contributed by atoms with Crippen molar-refractivity contribution in [3.05, 3.63) is 47.0 Å². The van der Waals surface area contributed by atoms with Gasteiger partial charge in [-0.25, -0.2) is 0 Å². The maximum absolute atomic E-state index is 12.4. The van der Waals surface area contributed by atoms with Crippen molar-refractivity contribution in [2.24, 2.45) is 0 Å².